The van der Waals surface area contributed by atoms with Gasteiger partial charge in [-0.05, 0) is 49.6 Å². The van der Waals surface area contributed by atoms with E-state index in [1.165, 1.54) is 36.1 Å². The van der Waals surface area contributed by atoms with Crippen LogP contribution in [0.4, 0.5) is 0 Å². The quantitative estimate of drug-likeness (QED) is 0.856. The fraction of sp³-hybridized carbons (Fsp3) is 0.750. The van der Waals surface area contributed by atoms with E-state index in [0.29, 0.717) is 17.6 Å². The first-order valence-electron chi connectivity index (χ1n) is 7.70. The van der Waals surface area contributed by atoms with E-state index in [9.17, 15) is 0 Å². The molecule has 2 aliphatic carbocycles. The fourth-order valence-electron chi connectivity index (χ4n) is 3.78. The summed E-state index contributed by atoms with van der Waals surface area (Å²) in [5.74, 6) is 0. The Morgan fingerprint density at radius 1 is 1.42 bits per heavy atom. The smallest absolute Gasteiger partial charge is 0.0661 e. The first-order valence-corrected chi connectivity index (χ1v) is 8.58. The predicted molar refractivity (Wildman–Crippen MR) is 80.6 cm³/mol. The van der Waals surface area contributed by atoms with E-state index in [1.54, 1.807) is 0 Å². The van der Waals surface area contributed by atoms with Crippen molar-refractivity contribution in [2.45, 2.75) is 64.6 Å². The highest BCUT2D eigenvalue weighted by Gasteiger charge is 2.58. The molecule has 0 bridgehead atoms. The lowest BCUT2D eigenvalue weighted by atomic mass is 9.51. The maximum atomic E-state index is 5.91. The SMILES string of the molecule is CCOC1CC(NCc2sccc2CC)C12CCC2. The van der Waals surface area contributed by atoms with Gasteiger partial charge in [-0.2, -0.15) is 0 Å². The van der Waals surface area contributed by atoms with Crippen molar-refractivity contribution in [2.75, 3.05) is 6.61 Å². The van der Waals surface area contributed by atoms with Gasteiger partial charge in [-0.1, -0.05) is 13.3 Å². The molecular weight excluding hydrogens is 254 g/mol. The third kappa shape index (κ3) is 2.26. The molecule has 19 heavy (non-hydrogen) atoms. The van der Waals surface area contributed by atoms with Crippen LogP contribution >= 0.6 is 11.3 Å². The second kappa shape index (κ2) is 5.55. The van der Waals surface area contributed by atoms with Crippen molar-refractivity contribution in [3.8, 4) is 0 Å². The summed E-state index contributed by atoms with van der Waals surface area (Å²) < 4.78 is 5.91. The summed E-state index contributed by atoms with van der Waals surface area (Å²) in [4.78, 5) is 1.52. The molecule has 1 heterocycles. The zero-order chi connectivity index (χ0) is 13.3. The Morgan fingerprint density at radius 3 is 2.89 bits per heavy atom. The van der Waals surface area contributed by atoms with Crippen LogP contribution in [0.2, 0.25) is 0 Å². The summed E-state index contributed by atoms with van der Waals surface area (Å²) in [5.41, 5.74) is 2.00. The number of aryl methyl sites for hydroxylation is 1. The molecule has 0 saturated heterocycles. The highest BCUT2D eigenvalue weighted by molar-refractivity contribution is 7.10. The Morgan fingerprint density at radius 2 is 2.26 bits per heavy atom. The second-order valence-electron chi connectivity index (χ2n) is 5.92. The minimum absolute atomic E-state index is 0.486. The summed E-state index contributed by atoms with van der Waals surface area (Å²) in [7, 11) is 0. The number of nitrogens with one attached hydrogen (secondary N) is 1. The van der Waals surface area contributed by atoms with E-state index in [-0.39, 0.29) is 0 Å². The van der Waals surface area contributed by atoms with Gasteiger partial charge in [0.25, 0.3) is 0 Å². The summed E-state index contributed by atoms with van der Waals surface area (Å²) in [6.07, 6.45) is 7.00. The van der Waals surface area contributed by atoms with Crippen molar-refractivity contribution >= 4 is 11.3 Å². The molecule has 106 valence electrons. The number of hydrogen-bond acceptors (Lipinski definition) is 3. The molecule has 1 aromatic rings. The van der Waals surface area contributed by atoms with Gasteiger partial charge in [-0.3, -0.25) is 0 Å². The van der Waals surface area contributed by atoms with Crippen molar-refractivity contribution in [1.82, 2.24) is 5.32 Å². The summed E-state index contributed by atoms with van der Waals surface area (Å²) >= 11 is 1.89. The molecule has 2 saturated carbocycles. The number of rotatable bonds is 6. The van der Waals surface area contributed by atoms with Gasteiger partial charge in [0.05, 0.1) is 6.10 Å². The predicted octanol–water partition coefficient (Wildman–Crippen LogP) is 3.75. The topological polar surface area (TPSA) is 21.3 Å². The molecular formula is C16H25NOS. The van der Waals surface area contributed by atoms with Crippen LogP contribution in [0.1, 0.15) is 50.0 Å². The van der Waals surface area contributed by atoms with Gasteiger partial charge in [-0.25, -0.2) is 0 Å². The number of ether oxygens (including phenoxy) is 1. The monoisotopic (exact) mass is 279 g/mol. The molecule has 2 fully saturated rings. The van der Waals surface area contributed by atoms with E-state index in [0.717, 1.165) is 19.6 Å². The van der Waals surface area contributed by atoms with Gasteiger partial charge < -0.3 is 10.1 Å². The average molecular weight is 279 g/mol. The normalized spacial score (nSPS) is 28.1. The van der Waals surface area contributed by atoms with Gasteiger partial charge in [0.1, 0.15) is 0 Å². The summed E-state index contributed by atoms with van der Waals surface area (Å²) in [6, 6.07) is 2.95. The molecule has 0 aliphatic heterocycles. The highest BCUT2D eigenvalue weighted by atomic mass is 32.1. The van der Waals surface area contributed by atoms with Crippen molar-refractivity contribution in [3.05, 3.63) is 21.9 Å². The molecule has 2 atom stereocenters. The summed E-state index contributed by atoms with van der Waals surface area (Å²) in [6.45, 7) is 6.27. The van der Waals surface area contributed by atoms with Crippen LogP contribution in [0.3, 0.4) is 0 Å². The van der Waals surface area contributed by atoms with E-state index >= 15 is 0 Å². The molecule has 2 unspecified atom stereocenters. The second-order valence-corrected chi connectivity index (χ2v) is 6.92. The zero-order valence-corrected chi connectivity index (χ0v) is 12.9. The molecule has 0 aromatic carbocycles. The Hall–Kier alpha value is -0.380. The standard InChI is InChI=1S/C16H25NOS/c1-3-12-6-9-19-13(12)11-17-14-10-15(18-4-2)16(14)7-5-8-16/h6,9,14-15,17H,3-5,7-8,10-11H2,1-2H3. The molecule has 1 aromatic heterocycles. The molecule has 1 spiro atoms. The van der Waals surface area contributed by atoms with Gasteiger partial charge in [0, 0.05) is 29.5 Å². The first kappa shape index (κ1) is 13.6. The lowest BCUT2D eigenvalue weighted by Gasteiger charge is -2.61. The lowest BCUT2D eigenvalue weighted by molar-refractivity contribution is -0.173. The molecule has 1 N–H and O–H groups in total. The van der Waals surface area contributed by atoms with Gasteiger partial charge >= 0.3 is 0 Å². The Bertz CT molecular complexity index is 424. The van der Waals surface area contributed by atoms with Crippen LogP contribution in [0, 0.1) is 5.41 Å². The van der Waals surface area contributed by atoms with Gasteiger partial charge in [0.15, 0.2) is 0 Å². The minimum Gasteiger partial charge on any atom is -0.378 e. The van der Waals surface area contributed by atoms with Crippen LogP contribution in [-0.4, -0.2) is 18.8 Å². The minimum atomic E-state index is 0.486. The Balaban J connectivity index is 1.57. The third-order valence-electron chi connectivity index (χ3n) is 5.16. The Kier molecular flexibility index (Phi) is 3.97. The fourth-order valence-corrected chi connectivity index (χ4v) is 4.70. The Labute approximate surface area is 120 Å². The van der Waals surface area contributed by atoms with Crippen molar-refractivity contribution in [2.24, 2.45) is 5.41 Å². The van der Waals surface area contributed by atoms with Gasteiger partial charge in [0.2, 0.25) is 0 Å². The van der Waals surface area contributed by atoms with Crippen LogP contribution in [-0.2, 0) is 17.7 Å². The summed E-state index contributed by atoms with van der Waals surface area (Å²) in [5, 5.41) is 6.03. The van der Waals surface area contributed by atoms with Crippen molar-refractivity contribution < 1.29 is 4.74 Å². The largest absolute Gasteiger partial charge is 0.378 e. The number of thiophene rings is 1. The molecule has 0 amide bonds. The van der Waals surface area contributed by atoms with Crippen LogP contribution in [0.25, 0.3) is 0 Å². The highest BCUT2D eigenvalue weighted by Crippen LogP contribution is 2.57. The van der Waals surface area contributed by atoms with Crippen molar-refractivity contribution in [3.63, 3.8) is 0 Å². The molecule has 3 heteroatoms. The number of hydrogen-bond donors (Lipinski definition) is 1. The average Bonchev–Trinajstić information content (AvgIpc) is 2.78. The van der Waals surface area contributed by atoms with E-state index < -0.39 is 0 Å². The molecule has 0 radical (unpaired) electrons. The molecule has 2 nitrogen and oxygen atoms in total. The van der Waals surface area contributed by atoms with Crippen LogP contribution < -0.4 is 5.32 Å². The molecule has 3 rings (SSSR count). The van der Waals surface area contributed by atoms with E-state index in [1.807, 2.05) is 11.3 Å². The molecule has 2 aliphatic rings. The first-order chi connectivity index (χ1) is 9.30. The van der Waals surface area contributed by atoms with E-state index in [2.05, 4.69) is 30.6 Å². The zero-order valence-electron chi connectivity index (χ0n) is 12.1. The van der Waals surface area contributed by atoms with Gasteiger partial charge in [-0.15, -0.1) is 11.3 Å². The van der Waals surface area contributed by atoms with Crippen LogP contribution in [0.5, 0.6) is 0 Å². The maximum Gasteiger partial charge on any atom is 0.0661 e. The van der Waals surface area contributed by atoms with E-state index in [4.69, 9.17) is 4.74 Å². The third-order valence-corrected chi connectivity index (χ3v) is 6.13. The van der Waals surface area contributed by atoms with Crippen LogP contribution in [0.15, 0.2) is 11.4 Å². The maximum absolute atomic E-state index is 5.91. The van der Waals surface area contributed by atoms with Crippen molar-refractivity contribution in [1.29, 1.82) is 0 Å². The lowest BCUT2D eigenvalue weighted by Crippen LogP contribution is -2.66.